The Morgan fingerprint density at radius 1 is 1.00 bits per heavy atom. The van der Waals surface area contributed by atoms with E-state index in [-0.39, 0.29) is 42.2 Å². The molecule has 0 aliphatic carbocycles. The number of hydrogen-bond acceptors (Lipinski definition) is 9. The number of carbonyl (C=O) groups excluding carboxylic acids is 2. The minimum absolute atomic E-state index is 0.0744. The van der Waals surface area contributed by atoms with Gasteiger partial charge in [-0.2, -0.15) is 4.98 Å². The second-order valence-corrected chi connectivity index (χ2v) is 11.9. The Morgan fingerprint density at radius 2 is 1.73 bits per heavy atom. The molecular formula is C35H32Cl2N6O5. The van der Waals surface area contributed by atoms with Crippen LogP contribution in [0.2, 0.25) is 10.0 Å². The molecule has 6 rings (SSSR count). The maximum atomic E-state index is 13.0. The molecule has 1 aliphatic rings. The number of methoxy groups -OCH3 is 1. The van der Waals surface area contributed by atoms with Crippen LogP contribution in [0.25, 0.3) is 39.2 Å². The van der Waals surface area contributed by atoms with Gasteiger partial charge < -0.3 is 25.8 Å². The molecule has 13 heteroatoms. The van der Waals surface area contributed by atoms with Crippen LogP contribution in [-0.2, 0) is 11.3 Å². The van der Waals surface area contributed by atoms with Crippen molar-refractivity contribution in [3.63, 3.8) is 0 Å². The van der Waals surface area contributed by atoms with Crippen LogP contribution in [0.15, 0.2) is 71.7 Å². The molecule has 1 aliphatic heterocycles. The predicted octanol–water partition coefficient (Wildman–Crippen LogP) is 4.92. The molecule has 1 amide bonds. The fourth-order valence-corrected chi connectivity index (χ4v) is 6.37. The number of fused-ring (bicyclic) bond motifs is 1. The fraction of sp³-hybridized carbons (Fsp3) is 0.229. The monoisotopic (exact) mass is 686 g/mol. The van der Waals surface area contributed by atoms with Crippen LogP contribution in [0.1, 0.15) is 28.8 Å². The Balaban J connectivity index is 1.31. The number of amides is 1. The quantitative estimate of drug-likeness (QED) is 0.155. The number of nitrogens with one attached hydrogen (secondary N) is 2. The number of hydrogen-bond donors (Lipinski definition) is 3. The summed E-state index contributed by atoms with van der Waals surface area (Å²) in [5, 5.41) is 7.23. The molecule has 246 valence electrons. The van der Waals surface area contributed by atoms with Crippen LogP contribution in [-0.4, -0.2) is 59.4 Å². The van der Waals surface area contributed by atoms with Gasteiger partial charge in [-0.1, -0.05) is 65.7 Å². The van der Waals surface area contributed by atoms with E-state index >= 15 is 0 Å². The third-order valence-corrected chi connectivity index (χ3v) is 8.92. The summed E-state index contributed by atoms with van der Waals surface area (Å²) in [6, 6.07) is 18.7. The highest BCUT2D eigenvalue weighted by molar-refractivity contribution is 6.39. The molecule has 5 aromatic rings. The van der Waals surface area contributed by atoms with Crippen LogP contribution in [0, 0.1) is 0 Å². The number of nitrogens with two attached hydrogens (primary N) is 1. The van der Waals surface area contributed by atoms with Gasteiger partial charge in [0.05, 0.1) is 22.8 Å². The number of ether oxygens (including phenoxy) is 2. The first kappa shape index (κ1) is 33.1. The van der Waals surface area contributed by atoms with Crippen molar-refractivity contribution in [1.29, 1.82) is 0 Å². The van der Waals surface area contributed by atoms with Crippen molar-refractivity contribution in [3.8, 4) is 45.3 Å². The van der Waals surface area contributed by atoms with Crippen molar-refractivity contribution in [3.05, 3.63) is 98.4 Å². The lowest BCUT2D eigenvalue weighted by Gasteiger charge is -2.16. The van der Waals surface area contributed by atoms with Crippen molar-refractivity contribution < 1.29 is 19.1 Å². The van der Waals surface area contributed by atoms with Crippen molar-refractivity contribution in [2.45, 2.75) is 25.4 Å². The Morgan fingerprint density at radius 3 is 2.42 bits per heavy atom. The van der Waals surface area contributed by atoms with Crippen LogP contribution in [0.5, 0.6) is 11.8 Å². The predicted molar refractivity (Wildman–Crippen MR) is 185 cm³/mol. The van der Waals surface area contributed by atoms with E-state index in [1.165, 1.54) is 4.40 Å². The first-order valence-corrected chi connectivity index (χ1v) is 16.0. The number of benzene rings is 2. The molecule has 1 fully saturated rings. The van der Waals surface area contributed by atoms with Crippen molar-refractivity contribution in [2.24, 2.45) is 5.73 Å². The van der Waals surface area contributed by atoms with Gasteiger partial charge in [-0.15, -0.1) is 0 Å². The van der Waals surface area contributed by atoms with Gasteiger partial charge >= 0.3 is 0 Å². The van der Waals surface area contributed by atoms with Crippen molar-refractivity contribution >= 4 is 41.0 Å². The van der Waals surface area contributed by atoms with E-state index in [0.29, 0.717) is 75.2 Å². The van der Waals surface area contributed by atoms with E-state index < -0.39 is 5.56 Å². The molecule has 0 spiro atoms. The van der Waals surface area contributed by atoms with Gasteiger partial charge in [0, 0.05) is 66.1 Å². The zero-order chi connectivity index (χ0) is 33.8. The minimum atomic E-state index is -0.550. The third kappa shape index (κ3) is 6.63. The second kappa shape index (κ2) is 14.5. The standard InChI is InChI=1S/C35H32Cl2N6O5/c1-47-33-21(17-39-18-22-9-11-30(45)40-22)8-10-28(41-33)26-7-3-6-25(32(26)37)24-5-2-4-23(31(24)36)20-12-14-43-29(16-20)42-34(48-15-13-38)27(19-44)35(43)46/h2-8,10,12,14,16,19,22,39H,9,11,13,15,17-18,38H2,1H3,(H,40,45)/t22-/m0/s1. The largest absolute Gasteiger partial charge is 0.481 e. The maximum Gasteiger partial charge on any atom is 0.272 e. The molecule has 1 saturated heterocycles. The average Bonchev–Trinajstić information content (AvgIpc) is 3.52. The minimum Gasteiger partial charge on any atom is -0.481 e. The fourth-order valence-electron chi connectivity index (χ4n) is 5.71. The number of aromatic nitrogens is 3. The Hall–Kier alpha value is -4.81. The van der Waals surface area contributed by atoms with Gasteiger partial charge in [-0.25, -0.2) is 4.98 Å². The zero-order valence-electron chi connectivity index (χ0n) is 26.0. The van der Waals surface area contributed by atoms with Gasteiger partial charge in [0.25, 0.3) is 5.56 Å². The van der Waals surface area contributed by atoms with Crippen LogP contribution >= 0.6 is 23.2 Å². The summed E-state index contributed by atoms with van der Waals surface area (Å²) in [5.74, 6) is 0.479. The topological polar surface area (TPSA) is 150 Å². The molecule has 0 bridgehead atoms. The molecule has 1 atom stereocenters. The summed E-state index contributed by atoms with van der Waals surface area (Å²) in [4.78, 5) is 45.2. The molecule has 0 unspecified atom stereocenters. The molecule has 3 aromatic heterocycles. The van der Waals surface area contributed by atoms with Gasteiger partial charge in [0.15, 0.2) is 6.29 Å². The lowest BCUT2D eigenvalue weighted by atomic mass is 9.97. The maximum absolute atomic E-state index is 13.0. The van der Waals surface area contributed by atoms with E-state index in [0.717, 1.165) is 12.0 Å². The summed E-state index contributed by atoms with van der Waals surface area (Å²) in [7, 11) is 1.57. The molecule has 0 saturated carbocycles. The first-order chi connectivity index (χ1) is 23.3. The molecule has 11 nitrogen and oxygen atoms in total. The summed E-state index contributed by atoms with van der Waals surface area (Å²) in [6.45, 7) is 1.48. The van der Waals surface area contributed by atoms with Gasteiger partial charge in [0.1, 0.15) is 17.8 Å². The number of halogens is 2. The van der Waals surface area contributed by atoms with E-state index in [1.807, 2.05) is 48.5 Å². The lowest BCUT2D eigenvalue weighted by Crippen LogP contribution is -2.35. The van der Waals surface area contributed by atoms with Crippen molar-refractivity contribution in [2.75, 3.05) is 26.8 Å². The zero-order valence-corrected chi connectivity index (χ0v) is 27.5. The smallest absolute Gasteiger partial charge is 0.272 e. The lowest BCUT2D eigenvalue weighted by molar-refractivity contribution is -0.119. The second-order valence-electron chi connectivity index (χ2n) is 11.2. The number of carbonyl (C=O) groups is 2. The number of rotatable bonds is 12. The Bertz CT molecular complexity index is 2090. The Kier molecular flexibility index (Phi) is 10.0. The summed E-state index contributed by atoms with van der Waals surface area (Å²) in [5.41, 5.74) is 10.1. The molecule has 0 radical (unpaired) electrons. The summed E-state index contributed by atoms with van der Waals surface area (Å²) in [6.07, 6.45) is 3.35. The number of nitrogens with zero attached hydrogens (tertiary/aromatic N) is 3. The highest BCUT2D eigenvalue weighted by Crippen LogP contribution is 2.42. The van der Waals surface area contributed by atoms with Gasteiger partial charge in [0.2, 0.25) is 17.7 Å². The molecular weight excluding hydrogens is 655 g/mol. The molecule has 48 heavy (non-hydrogen) atoms. The van der Waals surface area contributed by atoms with Crippen LogP contribution in [0.4, 0.5) is 0 Å². The third-order valence-electron chi connectivity index (χ3n) is 8.10. The average molecular weight is 688 g/mol. The van der Waals surface area contributed by atoms with Crippen molar-refractivity contribution in [1.82, 2.24) is 25.0 Å². The highest BCUT2D eigenvalue weighted by atomic mass is 35.5. The van der Waals surface area contributed by atoms with E-state index in [1.54, 1.807) is 25.4 Å². The van der Waals surface area contributed by atoms with E-state index in [9.17, 15) is 14.4 Å². The molecule has 4 N–H and O–H groups in total. The summed E-state index contributed by atoms with van der Waals surface area (Å²) < 4.78 is 12.4. The Labute approximate surface area is 286 Å². The first-order valence-electron chi connectivity index (χ1n) is 15.3. The van der Waals surface area contributed by atoms with Gasteiger partial charge in [-0.3, -0.25) is 18.8 Å². The molecule has 2 aromatic carbocycles. The van der Waals surface area contributed by atoms with E-state index in [4.69, 9.17) is 43.4 Å². The van der Waals surface area contributed by atoms with E-state index in [2.05, 4.69) is 15.6 Å². The summed E-state index contributed by atoms with van der Waals surface area (Å²) >= 11 is 14.1. The highest BCUT2D eigenvalue weighted by Gasteiger charge is 2.21. The van der Waals surface area contributed by atoms with Gasteiger partial charge in [-0.05, 0) is 30.2 Å². The SMILES string of the molecule is COc1nc(-c2cccc(-c3cccc(-c4ccn5c(=O)c(C=O)c(OCCN)nc5c4)c3Cl)c2Cl)ccc1CNC[C@@H]1CCC(=O)N1. The normalized spacial score (nSPS) is 14.2. The number of aldehydes is 1. The van der Waals surface area contributed by atoms with Crippen LogP contribution in [0.3, 0.4) is 0 Å². The molecule has 4 heterocycles. The van der Waals surface area contributed by atoms with Crippen LogP contribution < -0.4 is 31.4 Å². The number of pyridine rings is 2.